The maximum Gasteiger partial charge on any atom is 0.0224 e. The fraction of sp³-hybridized carbons (Fsp3) is 0.471. The first-order valence-corrected chi connectivity index (χ1v) is 6.82. The molecule has 1 aliphatic carbocycles. The summed E-state index contributed by atoms with van der Waals surface area (Å²) in [5, 5.41) is 0. The van der Waals surface area contributed by atoms with Crippen LogP contribution in [-0.2, 0) is 0 Å². The summed E-state index contributed by atoms with van der Waals surface area (Å²) >= 11 is 0. The Morgan fingerprint density at radius 1 is 1.17 bits per heavy atom. The van der Waals surface area contributed by atoms with E-state index in [4.69, 9.17) is 0 Å². The number of nitrogens with zero attached hydrogens (tertiary/aromatic N) is 1. The Balaban J connectivity index is 2.74. The molecular weight excluding hydrogens is 218 g/mol. The van der Waals surface area contributed by atoms with Crippen LogP contribution >= 0.6 is 0 Å². The van der Waals surface area contributed by atoms with E-state index >= 15 is 0 Å². The highest BCUT2D eigenvalue weighted by atomic mass is 14.7. The lowest BCUT2D eigenvalue weighted by molar-refractivity contribution is 0.435. The highest BCUT2D eigenvalue weighted by molar-refractivity contribution is 5.85. The van der Waals surface area contributed by atoms with E-state index in [-0.39, 0.29) is 0 Å². The summed E-state index contributed by atoms with van der Waals surface area (Å²) in [5.74, 6) is 1.68. The van der Waals surface area contributed by atoms with Gasteiger partial charge in [-0.05, 0) is 32.1 Å². The molecule has 98 valence electrons. The van der Waals surface area contributed by atoms with Crippen LogP contribution in [-0.4, -0.2) is 5.71 Å². The molecule has 0 heterocycles. The zero-order chi connectivity index (χ0) is 13.4. The molecule has 1 nitrogen and oxygen atoms in total. The van der Waals surface area contributed by atoms with E-state index < -0.39 is 0 Å². The predicted molar refractivity (Wildman–Crippen MR) is 81.8 cm³/mol. The third kappa shape index (κ3) is 4.87. The minimum atomic E-state index is 0.517. The van der Waals surface area contributed by atoms with Crippen molar-refractivity contribution >= 4 is 5.71 Å². The number of hydrogen-bond donors (Lipinski definition) is 0. The van der Waals surface area contributed by atoms with E-state index in [0.29, 0.717) is 17.8 Å². The molecule has 0 aliphatic heterocycles. The summed E-state index contributed by atoms with van der Waals surface area (Å²) in [4.78, 5) is 4.53. The van der Waals surface area contributed by atoms with Gasteiger partial charge in [0.05, 0.1) is 0 Å². The SMILES string of the molecule is C/C=C\N=C(C)C(CC1C=CC=CC=C1)C(C)C. The lowest BCUT2D eigenvalue weighted by Gasteiger charge is -2.23. The molecular formula is C17H25N. The fourth-order valence-corrected chi connectivity index (χ4v) is 2.27. The number of aliphatic imine (C=N–C) groups is 1. The van der Waals surface area contributed by atoms with Crippen molar-refractivity contribution in [2.45, 2.75) is 34.1 Å². The molecule has 1 unspecified atom stereocenters. The fourth-order valence-electron chi connectivity index (χ4n) is 2.27. The predicted octanol–water partition coefficient (Wildman–Crippen LogP) is 4.94. The van der Waals surface area contributed by atoms with Gasteiger partial charge < -0.3 is 0 Å². The van der Waals surface area contributed by atoms with Crippen molar-refractivity contribution in [1.29, 1.82) is 0 Å². The first kappa shape index (κ1) is 14.7. The van der Waals surface area contributed by atoms with Crippen LogP contribution in [0.25, 0.3) is 0 Å². The van der Waals surface area contributed by atoms with Crippen LogP contribution in [0.4, 0.5) is 0 Å². The number of rotatable bonds is 5. The second-order valence-electron chi connectivity index (χ2n) is 5.16. The van der Waals surface area contributed by atoms with Crippen molar-refractivity contribution in [3.8, 4) is 0 Å². The maximum atomic E-state index is 4.53. The second kappa shape index (κ2) is 7.86. The van der Waals surface area contributed by atoms with Gasteiger partial charge >= 0.3 is 0 Å². The third-order valence-electron chi connectivity index (χ3n) is 3.34. The summed E-state index contributed by atoms with van der Waals surface area (Å²) in [6.45, 7) is 8.71. The van der Waals surface area contributed by atoms with Gasteiger partial charge in [0.25, 0.3) is 0 Å². The topological polar surface area (TPSA) is 12.4 Å². The van der Waals surface area contributed by atoms with E-state index in [2.05, 4.69) is 62.2 Å². The monoisotopic (exact) mass is 243 g/mol. The van der Waals surface area contributed by atoms with Crippen LogP contribution in [0.5, 0.6) is 0 Å². The van der Waals surface area contributed by atoms with Crippen molar-refractivity contribution < 1.29 is 0 Å². The molecule has 0 fully saturated rings. The quantitative estimate of drug-likeness (QED) is 0.606. The molecule has 1 aliphatic rings. The highest BCUT2D eigenvalue weighted by Gasteiger charge is 2.19. The molecule has 0 spiro atoms. The molecule has 1 heteroatoms. The van der Waals surface area contributed by atoms with Crippen LogP contribution in [0.2, 0.25) is 0 Å². The van der Waals surface area contributed by atoms with Crippen LogP contribution in [0.1, 0.15) is 34.1 Å². The molecule has 0 N–H and O–H groups in total. The molecule has 0 aromatic heterocycles. The molecule has 0 bridgehead atoms. The largest absolute Gasteiger partial charge is 0.266 e. The Morgan fingerprint density at radius 3 is 2.28 bits per heavy atom. The number of hydrogen-bond acceptors (Lipinski definition) is 1. The normalized spacial score (nSPS) is 18.8. The molecule has 0 saturated carbocycles. The Hall–Kier alpha value is -1.37. The maximum absolute atomic E-state index is 4.53. The van der Waals surface area contributed by atoms with E-state index in [1.54, 1.807) is 0 Å². The summed E-state index contributed by atoms with van der Waals surface area (Å²) in [5.41, 5.74) is 1.24. The van der Waals surface area contributed by atoms with Gasteiger partial charge in [0, 0.05) is 17.8 Å². The standard InChI is InChI=1S/C17H25N/c1-5-12-18-15(4)17(14(2)3)13-16-10-8-6-7-9-11-16/h5-12,14,16-17H,13H2,1-4H3/b12-5-,18-15?. The van der Waals surface area contributed by atoms with Gasteiger partial charge in [-0.3, -0.25) is 4.99 Å². The van der Waals surface area contributed by atoms with Crippen molar-refractivity contribution in [3.63, 3.8) is 0 Å². The molecule has 0 aromatic rings. The lowest BCUT2D eigenvalue weighted by atomic mass is 9.83. The summed E-state index contributed by atoms with van der Waals surface area (Å²) in [6.07, 6.45) is 18.0. The van der Waals surface area contributed by atoms with Crippen molar-refractivity contribution in [2.24, 2.45) is 22.7 Å². The number of allylic oxidation sites excluding steroid dienone is 7. The zero-order valence-electron chi connectivity index (χ0n) is 12.0. The average molecular weight is 243 g/mol. The van der Waals surface area contributed by atoms with E-state index in [9.17, 15) is 0 Å². The van der Waals surface area contributed by atoms with Crippen LogP contribution in [0.3, 0.4) is 0 Å². The Kier molecular flexibility index (Phi) is 6.42. The molecule has 0 radical (unpaired) electrons. The van der Waals surface area contributed by atoms with E-state index in [0.717, 1.165) is 6.42 Å². The Morgan fingerprint density at radius 2 is 1.78 bits per heavy atom. The molecule has 18 heavy (non-hydrogen) atoms. The molecule has 1 rings (SSSR count). The minimum absolute atomic E-state index is 0.517. The van der Waals surface area contributed by atoms with E-state index in [1.165, 1.54) is 5.71 Å². The minimum Gasteiger partial charge on any atom is -0.266 e. The average Bonchev–Trinajstić information content (AvgIpc) is 2.61. The zero-order valence-corrected chi connectivity index (χ0v) is 12.0. The molecule has 0 saturated heterocycles. The Labute approximate surface area is 112 Å². The molecule has 0 amide bonds. The Bertz CT molecular complexity index is 364. The van der Waals surface area contributed by atoms with Crippen molar-refractivity contribution in [1.82, 2.24) is 0 Å². The highest BCUT2D eigenvalue weighted by Crippen LogP contribution is 2.25. The van der Waals surface area contributed by atoms with Crippen molar-refractivity contribution in [2.75, 3.05) is 0 Å². The van der Waals surface area contributed by atoms with Crippen LogP contribution < -0.4 is 0 Å². The first-order valence-electron chi connectivity index (χ1n) is 6.82. The van der Waals surface area contributed by atoms with E-state index in [1.807, 2.05) is 19.2 Å². The first-order chi connectivity index (χ1) is 8.65. The van der Waals surface area contributed by atoms with Crippen LogP contribution in [0, 0.1) is 17.8 Å². The smallest absolute Gasteiger partial charge is 0.0224 e. The van der Waals surface area contributed by atoms with Gasteiger partial charge in [0.1, 0.15) is 0 Å². The van der Waals surface area contributed by atoms with Gasteiger partial charge in [-0.2, -0.15) is 0 Å². The van der Waals surface area contributed by atoms with Gasteiger partial charge in [0.2, 0.25) is 0 Å². The summed E-state index contributed by atoms with van der Waals surface area (Å²) in [6, 6.07) is 0. The lowest BCUT2D eigenvalue weighted by Crippen LogP contribution is -2.20. The summed E-state index contributed by atoms with van der Waals surface area (Å²) < 4.78 is 0. The summed E-state index contributed by atoms with van der Waals surface area (Å²) in [7, 11) is 0. The van der Waals surface area contributed by atoms with Crippen molar-refractivity contribution in [3.05, 3.63) is 48.7 Å². The second-order valence-corrected chi connectivity index (χ2v) is 5.16. The molecule has 1 atom stereocenters. The molecule has 0 aromatic carbocycles. The van der Waals surface area contributed by atoms with Gasteiger partial charge in [0.15, 0.2) is 0 Å². The third-order valence-corrected chi connectivity index (χ3v) is 3.34. The van der Waals surface area contributed by atoms with Crippen LogP contribution in [0.15, 0.2) is 53.7 Å². The van der Waals surface area contributed by atoms with Gasteiger partial charge in [-0.1, -0.05) is 56.4 Å². The van der Waals surface area contributed by atoms with Gasteiger partial charge in [-0.25, -0.2) is 0 Å². The van der Waals surface area contributed by atoms with Gasteiger partial charge in [-0.15, -0.1) is 0 Å².